The molecular weight excluding hydrogens is 340 g/mol. The fraction of sp³-hybridized carbons (Fsp3) is 0.316. The zero-order valence-corrected chi connectivity index (χ0v) is 14.7. The predicted octanol–water partition coefficient (Wildman–Crippen LogP) is 3.32. The zero-order valence-electron chi connectivity index (χ0n) is 14.7. The SMILES string of the molecule is CN(C)C(CNC(=O)Nc1c(F)cccc1F)c1ccc2c(c1)CCO2. The summed E-state index contributed by atoms with van der Waals surface area (Å²) in [6.07, 6.45) is 0.865. The fourth-order valence-electron chi connectivity index (χ4n) is 2.98. The summed E-state index contributed by atoms with van der Waals surface area (Å²) >= 11 is 0. The molecular formula is C19H21F2N3O2. The number of hydrogen-bond acceptors (Lipinski definition) is 3. The Morgan fingerprint density at radius 2 is 1.96 bits per heavy atom. The van der Waals surface area contributed by atoms with Gasteiger partial charge in [-0.1, -0.05) is 18.2 Å². The smallest absolute Gasteiger partial charge is 0.319 e. The molecule has 0 spiro atoms. The number of rotatable bonds is 5. The Balaban J connectivity index is 1.66. The van der Waals surface area contributed by atoms with Crippen LogP contribution in [0.1, 0.15) is 17.2 Å². The highest BCUT2D eigenvalue weighted by atomic mass is 19.1. The van der Waals surface area contributed by atoms with Gasteiger partial charge in [0.1, 0.15) is 23.1 Å². The van der Waals surface area contributed by atoms with E-state index in [1.807, 2.05) is 31.1 Å². The van der Waals surface area contributed by atoms with Gasteiger partial charge in [0, 0.05) is 13.0 Å². The van der Waals surface area contributed by atoms with E-state index in [0.717, 1.165) is 35.4 Å². The minimum Gasteiger partial charge on any atom is -0.493 e. The third-order valence-corrected chi connectivity index (χ3v) is 4.38. The molecule has 26 heavy (non-hydrogen) atoms. The van der Waals surface area contributed by atoms with Crippen LogP contribution in [0.4, 0.5) is 19.3 Å². The lowest BCUT2D eigenvalue weighted by Gasteiger charge is -2.25. The first-order valence-electron chi connectivity index (χ1n) is 8.36. The van der Waals surface area contributed by atoms with E-state index in [1.54, 1.807) is 0 Å². The second-order valence-electron chi connectivity index (χ2n) is 6.38. The van der Waals surface area contributed by atoms with Crippen LogP contribution in [-0.4, -0.2) is 38.2 Å². The molecule has 0 saturated carbocycles. The Morgan fingerprint density at radius 1 is 1.23 bits per heavy atom. The van der Waals surface area contributed by atoms with Gasteiger partial charge in [0.15, 0.2) is 0 Å². The molecule has 2 aromatic rings. The number of ether oxygens (including phenoxy) is 1. The summed E-state index contributed by atoms with van der Waals surface area (Å²) in [5.74, 6) is -0.738. The number of carbonyl (C=O) groups excluding carboxylic acids is 1. The molecule has 138 valence electrons. The Labute approximate surface area is 151 Å². The second kappa shape index (κ2) is 7.70. The van der Waals surface area contributed by atoms with Crippen LogP contribution in [0.5, 0.6) is 5.75 Å². The van der Waals surface area contributed by atoms with Crippen molar-refractivity contribution < 1.29 is 18.3 Å². The summed E-state index contributed by atoms with van der Waals surface area (Å²) in [6, 6.07) is 8.65. The summed E-state index contributed by atoms with van der Waals surface area (Å²) in [5, 5.41) is 4.90. The maximum Gasteiger partial charge on any atom is 0.319 e. The summed E-state index contributed by atoms with van der Waals surface area (Å²) in [4.78, 5) is 14.0. The van der Waals surface area contributed by atoms with Crippen LogP contribution < -0.4 is 15.4 Å². The van der Waals surface area contributed by atoms with Gasteiger partial charge in [-0.05, 0) is 43.4 Å². The topological polar surface area (TPSA) is 53.6 Å². The first kappa shape index (κ1) is 18.1. The van der Waals surface area contributed by atoms with Crippen LogP contribution in [0.15, 0.2) is 36.4 Å². The van der Waals surface area contributed by atoms with Gasteiger partial charge in [-0.2, -0.15) is 0 Å². The van der Waals surface area contributed by atoms with Crippen molar-refractivity contribution >= 4 is 11.7 Å². The summed E-state index contributed by atoms with van der Waals surface area (Å²) in [6.45, 7) is 0.967. The van der Waals surface area contributed by atoms with Crippen molar-refractivity contribution in [1.29, 1.82) is 0 Å². The number of urea groups is 1. The highest BCUT2D eigenvalue weighted by Gasteiger charge is 2.20. The standard InChI is InChI=1S/C19H21F2N3O2/c1-24(2)16(12-6-7-17-13(10-12)8-9-26-17)11-22-19(25)23-18-14(20)4-3-5-15(18)21/h3-7,10,16H,8-9,11H2,1-2H3,(H2,22,23,25). The minimum absolute atomic E-state index is 0.0860. The molecule has 0 bridgehead atoms. The molecule has 2 aromatic carbocycles. The monoisotopic (exact) mass is 361 g/mol. The highest BCUT2D eigenvalue weighted by Crippen LogP contribution is 2.29. The Morgan fingerprint density at radius 3 is 2.65 bits per heavy atom. The lowest BCUT2D eigenvalue weighted by molar-refractivity contribution is 0.243. The van der Waals surface area contributed by atoms with E-state index < -0.39 is 23.4 Å². The van der Waals surface area contributed by atoms with Crippen LogP contribution in [0.2, 0.25) is 0 Å². The lowest BCUT2D eigenvalue weighted by atomic mass is 10.0. The van der Waals surface area contributed by atoms with E-state index in [-0.39, 0.29) is 12.6 Å². The van der Waals surface area contributed by atoms with Gasteiger partial charge < -0.3 is 20.3 Å². The minimum atomic E-state index is -0.817. The normalized spacial score (nSPS) is 13.9. The Hall–Kier alpha value is -2.67. The largest absolute Gasteiger partial charge is 0.493 e. The number of hydrogen-bond donors (Lipinski definition) is 2. The number of fused-ring (bicyclic) bond motifs is 1. The average Bonchev–Trinajstić information content (AvgIpc) is 3.06. The molecule has 7 heteroatoms. The van der Waals surface area contributed by atoms with Crippen molar-refractivity contribution in [3.05, 3.63) is 59.2 Å². The molecule has 1 aliphatic heterocycles. The fourth-order valence-corrected chi connectivity index (χ4v) is 2.98. The molecule has 0 saturated heterocycles. The molecule has 0 fully saturated rings. The van der Waals surface area contributed by atoms with E-state index in [4.69, 9.17) is 4.74 Å². The first-order valence-corrected chi connectivity index (χ1v) is 8.36. The Kier molecular flexibility index (Phi) is 5.37. The van der Waals surface area contributed by atoms with Crippen molar-refractivity contribution in [2.24, 2.45) is 0 Å². The zero-order chi connectivity index (χ0) is 18.7. The van der Waals surface area contributed by atoms with Crippen molar-refractivity contribution in [3.63, 3.8) is 0 Å². The highest BCUT2D eigenvalue weighted by molar-refractivity contribution is 5.89. The number of nitrogens with zero attached hydrogens (tertiary/aromatic N) is 1. The Bertz CT molecular complexity index is 791. The maximum atomic E-state index is 13.6. The van der Waals surface area contributed by atoms with Gasteiger partial charge >= 0.3 is 6.03 Å². The molecule has 1 heterocycles. The van der Waals surface area contributed by atoms with E-state index in [1.165, 1.54) is 6.07 Å². The van der Waals surface area contributed by atoms with Crippen molar-refractivity contribution in [2.45, 2.75) is 12.5 Å². The molecule has 0 aromatic heterocycles. The average molecular weight is 361 g/mol. The lowest BCUT2D eigenvalue weighted by Crippen LogP contribution is -2.37. The molecule has 1 aliphatic rings. The molecule has 1 atom stereocenters. The van der Waals surface area contributed by atoms with Gasteiger partial charge in [0.2, 0.25) is 0 Å². The van der Waals surface area contributed by atoms with Crippen LogP contribution in [0, 0.1) is 11.6 Å². The molecule has 0 radical (unpaired) electrons. The van der Waals surface area contributed by atoms with Gasteiger partial charge in [-0.15, -0.1) is 0 Å². The van der Waals surface area contributed by atoms with Crippen molar-refractivity contribution in [1.82, 2.24) is 10.2 Å². The number of para-hydroxylation sites is 1. The number of nitrogens with one attached hydrogen (secondary N) is 2. The van der Waals surface area contributed by atoms with Gasteiger partial charge in [0.05, 0.1) is 12.6 Å². The van der Waals surface area contributed by atoms with Crippen molar-refractivity contribution in [3.8, 4) is 5.75 Å². The van der Waals surface area contributed by atoms with Crippen LogP contribution >= 0.6 is 0 Å². The third-order valence-electron chi connectivity index (χ3n) is 4.38. The summed E-state index contributed by atoms with van der Waals surface area (Å²) < 4.78 is 32.8. The van der Waals surface area contributed by atoms with E-state index in [0.29, 0.717) is 6.61 Å². The van der Waals surface area contributed by atoms with Crippen LogP contribution in [0.25, 0.3) is 0 Å². The number of benzene rings is 2. The molecule has 5 nitrogen and oxygen atoms in total. The summed E-state index contributed by atoms with van der Waals surface area (Å²) in [7, 11) is 3.81. The molecule has 1 unspecified atom stereocenters. The van der Waals surface area contributed by atoms with Gasteiger partial charge in [-0.25, -0.2) is 13.6 Å². The van der Waals surface area contributed by atoms with Gasteiger partial charge in [-0.3, -0.25) is 0 Å². The first-order chi connectivity index (χ1) is 12.5. The molecule has 2 N–H and O–H groups in total. The van der Waals surface area contributed by atoms with E-state index >= 15 is 0 Å². The number of likely N-dealkylation sites (N-methyl/N-ethyl adjacent to an activating group) is 1. The van der Waals surface area contributed by atoms with Crippen molar-refractivity contribution in [2.75, 3.05) is 32.6 Å². The van der Waals surface area contributed by atoms with E-state index in [9.17, 15) is 13.6 Å². The molecule has 2 amide bonds. The number of halogens is 2. The number of carbonyl (C=O) groups is 1. The molecule has 0 aliphatic carbocycles. The van der Waals surface area contributed by atoms with E-state index in [2.05, 4.69) is 16.7 Å². The second-order valence-corrected chi connectivity index (χ2v) is 6.38. The predicted molar refractivity (Wildman–Crippen MR) is 95.4 cm³/mol. The summed E-state index contributed by atoms with van der Waals surface area (Å²) in [5.41, 5.74) is 1.73. The van der Waals surface area contributed by atoms with Crippen LogP contribution in [-0.2, 0) is 6.42 Å². The molecule has 3 rings (SSSR count). The maximum absolute atomic E-state index is 13.6. The van der Waals surface area contributed by atoms with Crippen LogP contribution in [0.3, 0.4) is 0 Å². The number of amides is 2. The quantitative estimate of drug-likeness (QED) is 0.859. The number of anilines is 1. The third kappa shape index (κ3) is 3.94. The van der Waals surface area contributed by atoms with Gasteiger partial charge in [0.25, 0.3) is 0 Å².